The van der Waals surface area contributed by atoms with Crippen LogP contribution >= 0.6 is 0 Å². The molecule has 0 radical (unpaired) electrons. The van der Waals surface area contributed by atoms with Crippen molar-refractivity contribution in [1.82, 2.24) is 0 Å². The second-order valence-corrected chi connectivity index (χ2v) is 5.52. The number of urea groups is 1. The molecule has 2 rings (SSSR count). The predicted octanol–water partition coefficient (Wildman–Crippen LogP) is 1.64. The smallest absolute Gasteiger partial charge is 0.316 e. The second kappa shape index (κ2) is 7.13. The van der Waals surface area contributed by atoms with E-state index in [9.17, 15) is 9.59 Å². The maximum atomic E-state index is 12.3. The number of rotatable bonds is 4. The molecule has 0 saturated heterocycles. The van der Waals surface area contributed by atoms with E-state index < -0.39 is 6.03 Å². The van der Waals surface area contributed by atoms with Gasteiger partial charge in [-0.05, 0) is 31.4 Å². The maximum absolute atomic E-state index is 12.3. The second-order valence-electron chi connectivity index (χ2n) is 5.52. The zero-order valence-corrected chi connectivity index (χ0v) is 12.6. The standard InChI is InChI=1S/C15H22N4O3/c1-22-13-8-11(5-6-12(13)19-15(17)21)18-14(20)9-3-2-4-10(16)7-9/h5-6,8-10H,2-4,7,16H2,1H3,(H,18,20)(H3,17,19,21). The molecule has 1 saturated carbocycles. The fraction of sp³-hybridized carbons (Fsp3) is 0.467. The Morgan fingerprint density at radius 3 is 2.68 bits per heavy atom. The summed E-state index contributed by atoms with van der Waals surface area (Å²) >= 11 is 0. The van der Waals surface area contributed by atoms with Gasteiger partial charge in [-0.25, -0.2) is 4.79 Å². The molecule has 120 valence electrons. The lowest BCUT2D eigenvalue weighted by Crippen LogP contribution is -2.34. The van der Waals surface area contributed by atoms with Crippen molar-refractivity contribution in [2.45, 2.75) is 31.7 Å². The predicted molar refractivity (Wildman–Crippen MR) is 84.8 cm³/mol. The Morgan fingerprint density at radius 2 is 2.05 bits per heavy atom. The third kappa shape index (κ3) is 4.11. The molecule has 1 fully saturated rings. The summed E-state index contributed by atoms with van der Waals surface area (Å²) in [6, 6.07) is 4.39. The van der Waals surface area contributed by atoms with Crippen LogP contribution < -0.4 is 26.8 Å². The molecule has 7 nitrogen and oxygen atoms in total. The maximum Gasteiger partial charge on any atom is 0.316 e. The van der Waals surface area contributed by atoms with Crippen LogP contribution in [-0.4, -0.2) is 25.1 Å². The molecule has 2 unspecified atom stereocenters. The number of carbonyl (C=O) groups excluding carboxylic acids is 2. The van der Waals surface area contributed by atoms with Crippen molar-refractivity contribution in [2.24, 2.45) is 17.4 Å². The van der Waals surface area contributed by atoms with Gasteiger partial charge in [-0.1, -0.05) is 6.42 Å². The molecule has 0 spiro atoms. The summed E-state index contributed by atoms with van der Waals surface area (Å²) in [5.41, 5.74) is 12.1. The van der Waals surface area contributed by atoms with Gasteiger partial charge < -0.3 is 26.8 Å². The first-order valence-corrected chi connectivity index (χ1v) is 7.30. The molecule has 22 heavy (non-hydrogen) atoms. The molecular weight excluding hydrogens is 284 g/mol. The number of carbonyl (C=O) groups is 2. The van der Waals surface area contributed by atoms with Gasteiger partial charge in [0.25, 0.3) is 0 Å². The van der Waals surface area contributed by atoms with Crippen LogP contribution in [-0.2, 0) is 4.79 Å². The van der Waals surface area contributed by atoms with Gasteiger partial charge in [0.1, 0.15) is 5.75 Å². The summed E-state index contributed by atoms with van der Waals surface area (Å²) < 4.78 is 5.19. The van der Waals surface area contributed by atoms with Crippen LogP contribution in [0.4, 0.5) is 16.2 Å². The topological polar surface area (TPSA) is 119 Å². The van der Waals surface area contributed by atoms with E-state index in [0.29, 0.717) is 23.5 Å². The van der Waals surface area contributed by atoms with Gasteiger partial charge in [0, 0.05) is 23.7 Å². The molecule has 1 aliphatic carbocycles. The van der Waals surface area contributed by atoms with Gasteiger partial charge in [-0.3, -0.25) is 4.79 Å². The minimum Gasteiger partial charge on any atom is -0.494 e. The Bertz CT molecular complexity index is 562. The first-order valence-electron chi connectivity index (χ1n) is 7.30. The average Bonchev–Trinajstić information content (AvgIpc) is 2.48. The van der Waals surface area contributed by atoms with Crippen molar-refractivity contribution in [3.05, 3.63) is 18.2 Å². The quantitative estimate of drug-likeness (QED) is 0.676. The van der Waals surface area contributed by atoms with E-state index in [0.717, 1.165) is 19.3 Å². The van der Waals surface area contributed by atoms with Crippen LogP contribution in [0.3, 0.4) is 0 Å². The fourth-order valence-electron chi connectivity index (χ4n) is 2.72. The van der Waals surface area contributed by atoms with Crippen LogP contribution in [0.2, 0.25) is 0 Å². The third-order valence-corrected chi connectivity index (χ3v) is 3.81. The molecule has 0 heterocycles. The van der Waals surface area contributed by atoms with Crippen molar-refractivity contribution in [3.8, 4) is 5.75 Å². The highest BCUT2D eigenvalue weighted by Crippen LogP contribution is 2.29. The Hall–Kier alpha value is -2.28. The summed E-state index contributed by atoms with van der Waals surface area (Å²) in [5.74, 6) is 0.336. The molecule has 7 heteroatoms. The van der Waals surface area contributed by atoms with E-state index in [4.69, 9.17) is 16.2 Å². The van der Waals surface area contributed by atoms with Crippen molar-refractivity contribution in [1.29, 1.82) is 0 Å². The molecule has 3 amide bonds. The SMILES string of the molecule is COc1cc(NC(=O)C2CCCC(N)C2)ccc1NC(N)=O. The van der Waals surface area contributed by atoms with E-state index in [1.807, 2.05) is 0 Å². The zero-order chi connectivity index (χ0) is 16.1. The van der Waals surface area contributed by atoms with Crippen molar-refractivity contribution in [2.75, 3.05) is 17.7 Å². The molecule has 0 aromatic heterocycles. The molecule has 1 aromatic carbocycles. The van der Waals surface area contributed by atoms with Gasteiger partial charge in [0.05, 0.1) is 12.8 Å². The Labute approximate surface area is 129 Å². The number of anilines is 2. The first-order chi connectivity index (χ1) is 10.5. The average molecular weight is 306 g/mol. The minimum atomic E-state index is -0.675. The Morgan fingerprint density at radius 1 is 1.27 bits per heavy atom. The van der Waals surface area contributed by atoms with Crippen LogP contribution in [0.15, 0.2) is 18.2 Å². The number of hydrogen-bond donors (Lipinski definition) is 4. The van der Waals surface area contributed by atoms with Crippen LogP contribution in [0.5, 0.6) is 5.75 Å². The minimum absolute atomic E-state index is 0.0344. The monoisotopic (exact) mass is 306 g/mol. The highest BCUT2D eigenvalue weighted by atomic mass is 16.5. The molecule has 0 aliphatic heterocycles. The largest absolute Gasteiger partial charge is 0.494 e. The number of nitrogens with two attached hydrogens (primary N) is 2. The van der Waals surface area contributed by atoms with E-state index in [1.165, 1.54) is 7.11 Å². The summed E-state index contributed by atoms with van der Waals surface area (Å²) in [5, 5.41) is 5.33. The molecular formula is C15H22N4O3. The summed E-state index contributed by atoms with van der Waals surface area (Å²) in [6.45, 7) is 0. The van der Waals surface area contributed by atoms with Crippen molar-refractivity contribution >= 4 is 23.3 Å². The first kappa shape index (κ1) is 16.1. The number of nitrogens with one attached hydrogen (secondary N) is 2. The Balaban J connectivity index is 2.06. The number of benzene rings is 1. The lowest BCUT2D eigenvalue weighted by molar-refractivity contribution is -0.120. The molecule has 1 aliphatic rings. The number of methoxy groups -OCH3 is 1. The van der Waals surface area contributed by atoms with E-state index in [-0.39, 0.29) is 17.9 Å². The zero-order valence-electron chi connectivity index (χ0n) is 12.6. The normalized spacial score (nSPS) is 21.0. The lowest BCUT2D eigenvalue weighted by atomic mass is 9.85. The van der Waals surface area contributed by atoms with Gasteiger partial charge in [-0.2, -0.15) is 0 Å². The number of primary amides is 1. The number of hydrogen-bond acceptors (Lipinski definition) is 4. The van der Waals surface area contributed by atoms with E-state index in [1.54, 1.807) is 18.2 Å². The highest BCUT2D eigenvalue weighted by molar-refractivity contribution is 5.94. The summed E-state index contributed by atoms with van der Waals surface area (Å²) in [7, 11) is 1.48. The van der Waals surface area contributed by atoms with Crippen molar-refractivity contribution < 1.29 is 14.3 Å². The van der Waals surface area contributed by atoms with Crippen molar-refractivity contribution in [3.63, 3.8) is 0 Å². The summed E-state index contributed by atoms with van der Waals surface area (Å²) in [4.78, 5) is 23.2. The van der Waals surface area contributed by atoms with Gasteiger partial charge >= 0.3 is 6.03 Å². The van der Waals surface area contributed by atoms with Gasteiger partial charge in [0.15, 0.2) is 0 Å². The third-order valence-electron chi connectivity index (χ3n) is 3.81. The lowest BCUT2D eigenvalue weighted by Gasteiger charge is -2.25. The number of ether oxygens (including phenoxy) is 1. The molecule has 6 N–H and O–H groups in total. The van der Waals surface area contributed by atoms with Crippen LogP contribution in [0.1, 0.15) is 25.7 Å². The Kier molecular flexibility index (Phi) is 5.21. The van der Waals surface area contributed by atoms with E-state index >= 15 is 0 Å². The fourth-order valence-corrected chi connectivity index (χ4v) is 2.72. The number of amides is 3. The van der Waals surface area contributed by atoms with E-state index in [2.05, 4.69) is 10.6 Å². The van der Waals surface area contributed by atoms with Crippen LogP contribution in [0, 0.1) is 5.92 Å². The molecule has 2 atom stereocenters. The molecule has 0 bridgehead atoms. The van der Waals surface area contributed by atoms with Gasteiger partial charge in [-0.15, -0.1) is 0 Å². The summed E-state index contributed by atoms with van der Waals surface area (Å²) in [6.07, 6.45) is 3.53. The molecule has 1 aromatic rings. The van der Waals surface area contributed by atoms with Gasteiger partial charge in [0.2, 0.25) is 5.91 Å². The highest BCUT2D eigenvalue weighted by Gasteiger charge is 2.25. The van der Waals surface area contributed by atoms with Crippen LogP contribution in [0.25, 0.3) is 0 Å².